The third-order valence-corrected chi connectivity index (χ3v) is 2.62. The van der Waals surface area contributed by atoms with E-state index < -0.39 is 0 Å². The molecule has 0 unspecified atom stereocenters. The molecule has 0 saturated heterocycles. The number of hydrogen-bond acceptors (Lipinski definition) is 4. The minimum absolute atomic E-state index is 0.0282. The zero-order valence-corrected chi connectivity index (χ0v) is 11.4. The highest BCUT2D eigenvalue weighted by molar-refractivity contribution is 5.81. The van der Waals surface area contributed by atoms with Crippen LogP contribution < -0.4 is 15.5 Å². The predicted molar refractivity (Wildman–Crippen MR) is 73.6 cm³/mol. The molecule has 0 spiro atoms. The van der Waals surface area contributed by atoms with Gasteiger partial charge in [-0.05, 0) is 27.0 Å². The molecule has 1 amide bonds. The van der Waals surface area contributed by atoms with Crippen molar-refractivity contribution in [3.63, 3.8) is 0 Å². The molecule has 5 heteroatoms. The summed E-state index contributed by atoms with van der Waals surface area (Å²) in [6.45, 7) is 6.44. The first-order valence-corrected chi connectivity index (χ1v) is 6.33. The lowest BCUT2D eigenvalue weighted by Crippen LogP contribution is -2.38. The first-order chi connectivity index (χ1) is 8.72. The molecule has 0 aliphatic heterocycles. The van der Waals surface area contributed by atoms with Crippen LogP contribution >= 0.6 is 0 Å². The second-order valence-electron chi connectivity index (χ2n) is 3.98. The number of hydrogen-bond donors (Lipinski definition) is 2. The second-order valence-corrected chi connectivity index (χ2v) is 3.98. The maximum atomic E-state index is 11.7. The van der Waals surface area contributed by atoms with E-state index in [0.717, 1.165) is 24.5 Å². The highest BCUT2D eigenvalue weighted by Crippen LogP contribution is 2.16. The van der Waals surface area contributed by atoms with E-state index in [1.54, 1.807) is 6.20 Å². The van der Waals surface area contributed by atoms with Crippen molar-refractivity contribution in [1.82, 2.24) is 15.6 Å². The maximum Gasteiger partial charge on any atom is 0.239 e. The van der Waals surface area contributed by atoms with Crippen LogP contribution in [0.1, 0.15) is 19.4 Å². The molecule has 0 atom stereocenters. The number of carbonyl (C=O) groups is 1. The number of anilines is 1. The van der Waals surface area contributed by atoms with E-state index in [2.05, 4.69) is 15.6 Å². The van der Waals surface area contributed by atoms with Crippen LogP contribution in [0.5, 0.6) is 0 Å². The smallest absolute Gasteiger partial charge is 0.239 e. The molecule has 1 heterocycles. The molecule has 0 bridgehead atoms. The minimum atomic E-state index is 0.0282. The van der Waals surface area contributed by atoms with Gasteiger partial charge in [0.05, 0.1) is 6.54 Å². The summed E-state index contributed by atoms with van der Waals surface area (Å²) in [6, 6.07) is 3.94. The van der Waals surface area contributed by atoms with Crippen LogP contribution in [-0.4, -0.2) is 37.6 Å². The lowest BCUT2D eigenvalue weighted by Gasteiger charge is -2.23. The Morgan fingerprint density at radius 3 is 2.83 bits per heavy atom. The van der Waals surface area contributed by atoms with Gasteiger partial charge in [0.15, 0.2) is 0 Å². The van der Waals surface area contributed by atoms with Crippen molar-refractivity contribution in [2.24, 2.45) is 0 Å². The lowest BCUT2D eigenvalue weighted by molar-refractivity contribution is -0.119. The largest absolute Gasteiger partial charge is 0.355 e. The molecule has 0 aliphatic carbocycles. The van der Waals surface area contributed by atoms with Crippen molar-refractivity contribution in [3.8, 4) is 0 Å². The molecule has 1 rings (SSSR count). The van der Waals surface area contributed by atoms with Crippen molar-refractivity contribution in [3.05, 3.63) is 23.9 Å². The summed E-state index contributed by atoms with van der Waals surface area (Å²) in [5.41, 5.74) is 1.10. The molecule has 2 N–H and O–H groups in total. The first kappa shape index (κ1) is 14.4. The first-order valence-electron chi connectivity index (χ1n) is 6.33. The normalized spacial score (nSPS) is 10.2. The maximum absolute atomic E-state index is 11.7. The van der Waals surface area contributed by atoms with E-state index in [9.17, 15) is 4.79 Å². The zero-order chi connectivity index (χ0) is 13.4. The fourth-order valence-electron chi connectivity index (χ4n) is 1.81. The van der Waals surface area contributed by atoms with Crippen LogP contribution in [0.3, 0.4) is 0 Å². The van der Waals surface area contributed by atoms with E-state index in [1.165, 1.54) is 0 Å². The topological polar surface area (TPSA) is 57.3 Å². The van der Waals surface area contributed by atoms with Crippen LogP contribution in [0.4, 0.5) is 5.82 Å². The summed E-state index contributed by atoms with van der Waals surface area (Å²) in [5.74, 6) is 0.904. The number of carbonyl (C=O) groups excluding carboxylic acids is 1. The number of nitrogens with zero attached hydrogens (tertiary/aromatic N) is 2. The molecule has 0 radical (unpaired) electrons. The van der Waals surface area contributed by atoms with Crippen molar-refractivity contribution < 1.29 is 4.79 Å². The summed E-state index contributed by atoms with van der Waals surface area (Å²) >= 11 is 0. The summed E-state index contributed by atoms with van der Waals surface area (Å²) in [7, 11) is 1.90. The third-order valence-electron chi connectivity index (χ3n) is 2.62. The van der Waals surface area contributed by atoms with Gasteiger partial charge in [-0.2, -0.15) is 0 Å². The second kappa shape index (κ2) is 7.66. The summed E-state index contributed by atoms with van der Waals surface area (Å²) in [6.07, 6.45) is 1.76. The summed E-state index contributed by atoms with van der Waals surface area (Å²) < 4.78 is 0. The van der Waals surface area contributed by atoms with Crippen molar-refractivity contribution in [2.75, 3.05) is 31.6 Å². The van der Waals surface area contributed by atoms with Gasteiger partial charge < -0.3 is 15.5 Å². The Kier molecular flexibility index (Phi) is 6.14. The van der Waals surface area contributed by atoms with Crippen molar-refractivity contribution in [2.45, 2.75) is 20.4 Å². The van der Waals surface area contributed by atoms with Gasteiger partial charge >= 0.3 is 0 Å². The molecule has 1 aromatic rings. The highest BCUT2D eigenvalue weighted by atomic mass is 16.2. The van der Waals surface area contributed by atoms with Gasteiger partial charge in [-0.15, -0.1) is 0 Å². The van der Waals surface area contributed by atoms with E-state index in [0.29, 0.717) is 13.1 Å². The van der Waals surface area contributed by atoms with Crippen molar-refractivity contribution in [1.29, 1.82) is 0 Å². The Bertz CT molecular complexity index is 381. The molecule has 0 aliphatic rings. The SMILES string of the molecule is CCNC(=O)CN(CC)c1ncccc1CNC. The predicted octanol–water partition coefficient (Wildman–Crippen LogP) is 0.763. The average Bonchev–Trinajstić information content (AvgIpc) is 2.37. The van der Waals surface area contributed by atoms with E-state index in [1.807, 2.05) is 37.9 Å². The van der Waals surface area contributed by atoms with Gasteiger partial charge in [-0.3, -0.25) is 4.79 Å². The van der Waals surface area contributed by atoms with Gasteiger partial charge in [0.1, 0.15) is 5.82 Å². The van der Waals surface area contributed by atoms with Crippen LogP contribution in [0.15, 0.2) is 18.3 Å². The number of nitrogens with one attached hydrogen (secondary N) is 2. The molecule has 5 nitrogen and oxygen atoms in total. The average molecular weight is 250 g/mol. The van der Waals surface area contributed by atoms with Crippen LogP contribution in [-0.2, 0) is 11.3 Å². The van der Waals surface area contributed by atoms with E-state index >= 15 is 0 Å². The van der Waals surface area contributed by atoms with E-state index in [4.69, 9.17) is 0 Å². The monoisotopic (exact) mass is 250 g/mol. The molecule has 0 aromatic carbocycles. The Balaban J connectivity index is 2.83. The number of pyridine rings is 1. The minimum Gasteiger partial charge on any atom is -0.355 e. The molecular formula is C13H22N4O. The molecular weight excluding hydrogens is 228 g/mol. The fraction of sp³-hybridized carbons (Fsp3) is 0.538. The number of rotatable bonds is 7. The van der Waals surface area contributed by atoms with Gasteiger partial charge in [-0.1, -0.05) is 6.07 Å². The van der Waals surface area contributed by atoms with Gasteiger partial charge in [0.2, 0.25) is 5.91 Å². The van der Waals surface area contributed by atoms with Gasteiger partial charge in [0, 0.05) is 31.4 Å². The molecule has 1 aromatic heterocycles. The Morgan fingerprint density at radius 1 is 1.44 bits per heavy atom. The molecule has 0 saturated carbocycles. The number of amides is 1. The molecule has 100 valence electrons. The molecule has 0 fully saturated rings. The zero-order valence-electron chi connectivity index (χ0n) is 11.4. The molecule has 18 heavy (non-hydrogen) atoms. The van der Waals surface area contributed by atoms with Crippen LogP contribution in [0.25, 0.3) is 0 Å². The van der Waals surface area contributed by atoms with Crippen LogP contribution in [0.2, 0.25) is 0 Å². The lowest BCUT2D eigenvalue weighted by atomic mass is 10.2. The third kappa shape index (κ3) is 4.00. The number of aromatic nitrogens is 1. The summed E-state index contributed by atoms with van der Waals surface area (Å²) in [4.78, 5) is 18.0. The van der Waals surface area contributed by atoms with Gasteiger partial charge in [-0.25, -0.2) is 4.98 Å². The fourth-order valence-corrected chi connectivity index (χ4v) is 1.81. The Labute approximate surface area is 109 Å². The van der Waals surface area contributed by atoms with Crippen molar-refractivity contribution >= 4 is 11.7 Å². The van der Waals surface area contributed by atoms with E-state index in [-0.39, 0.29) is 5.91 Å². The van der Waals surface area contributed by atoms with Gasteiger partial charge in [0.25, 0.3) is 0 Å². The highest BCUT2D eigenvalue weighted by Gasteiger charge is 2.13. The summed E-state index contributed by atoms with van der Waals surface area (Å²) in [5, 5.41) is 5.92. The number of likely N-dealkylation sites (N-methyl/N-ethyl adjacent to an activating group) is 2. The standard InChI is InChI=1S/C13H22N4O/c1-4-15-12(18)10-17(5-2)13-11(9-14-3)7-6-8-16-13/h6-8,14H,4-5,9-10H2,1-3H3,(H,15,18). The Morgan fingerprint density at radius 2 is 2.22 bits per heavy atom. The Hall–Kier alpha value is -1.62. The van der Waals surface area contributed by atoms with Crippen LogP contribution in [0, 0.1) is 0 Å². The quantitative estimate of drug-likeness (QED) is 0.750.